The molecule has 0 bridgehead atoms. The molecule has 5 nitrogen and oxygen atoms in total. The van der Waals surface area contributed by atoms with Gasteiger partial charge in [-0.25, -0.2) is 9.18 Å². The summed E-state index contributed by atoms with van der Waals surface area (Å²) < 4.78 is 23.2. The molecule has 1 atom stereocenters. The number of methoxy groups -OCH3 is 1. The second kappa shape index (κ2) is 7.59. The van der Waals surface area contributed by atoms with Crippen molar-refractivity contribution in [2.24, 2.45) is 0 Å². The summed E-state index contributed by atoms with van der Waals surface area (Å²) in [5, 5.41) is 2.55. The Bertz CT molecular complexity index is 743. The molecule has 2 aromatic rings. The van der Waals surface area contributed by atoms with Crippen molar-refractivity contribution in [3.63, 3.8) is 0 Å². The molecule has 0 spiro atoms. The molecule has 0 saturated carbocycles. The van der Waals surface area contributed by atoms with Gasteiger partial charge in [0.2, 0.25) is 0 Å². The molecule has 126 valence electrons. The van der Waals surface area contributed by atoms with Gasteiger partial charge in [-0.1, -0.05) is 11.6 Å². The van der Waals surface area contributed by atoms with Crippen LogP contribution in [0.4, 0.5) is 10.1 Å². The average Bonchev–Trinajstić information content (AvgIpc) is 2.56. The Hall–Kier alpha value is -2.89. The zero-order valence-electron chi connectivity index (χ0n) is 13.6. The molecule has 24 heavy (non-hydrogen) atoms. The zero-order chi connectivity index (χ0) is 17.7. The van der Waals surface area contributed by atoms with Crippen LogP contribution in [-0.2, 0) is 9.53 Å². The first-order valence-electron chi connectivity index (χ1n) is 7.32. The van der Waals surface area contributed by atoms with Crippen LogP contribution in [0, 0.1) is 12.7 Å². The van der Waals surface area contributed by atoms with Crippen LogP contribution in [0.2, 0.25) is 0 Å². The Labute approximate surface area is 139 Å². The van der Waals surface area contributed by atoms with E-state index < -0.39 is 23.8 Å². The number of benzene rings is 2. The van der Waals surface area contributed by atoms with E-state index in [4.69, 9.17) is 9.47 Å². The number of carbonyl (C=O) groups is 2. The summed E-state index contributed by atoms with van der Waals surface area (Å²) in [6, 6.07) is 10.4. The molecule has 0 saturated heterocycles. The predicted octanol–water partition coefficient (Wildman–Crippen LogP) is 3.33. The molecule has 0 aliphatic carbocycles. The molecule has 0 aromatic heterocycles. The van der Waals surface area contributed by atoms with Gasteiger partial charge in [0, 0.05) is 5.69 Å². The first kappa shape index (κ1) is 17.5. The van der Waals surface area contributed by atoms with E-state index in [1.54, 1.807) is 18.2 Å². The van der Waals surface area contributed by atoms with Gasteiger partial charge in [-0.05, 0) is 50.2 Å². The lowest BCUT2D eigenvalue weighted by Gasteiger charge is -2.15. The number of hydrogen-bond acceptors (Lipinski definition) is 4. The molecule has 1 amide bonds. The fraction of sp³-hybridized carbons (Fsp3) is 0.222. The van der Waals surface area contributed by atoms with E-state index in [0.29, 0.717) is 11.4 Å². The number of esters is 1. The van der Waals surface area contributed by atoms with Crippen molar-refractivity contribution in [2.75, 3.05) is 12.4 Å². The van der Waals surface area contributed by atoms with Crippen LogP contribution >= 0.6 is 0 Å². The van der Waals surface area contributed by atoms with Gasteiger partial charge in [0.05, 0.1) is 7.11 Å². The third kappa shape index (κ3) is 4.32. The van der Waals surface area contributed by atoms with E-state index in [0.717, 1.165) is 5.56 Å². The molecule has 6 heteroatoms. The van der Waals surface area contributed by atoms with Gasteiger partial charge >= 0.3 is 5.97 Å². The fourth-order valence-corrected chi connectivity index (χ4v) is 2.04. The summed E-state index contributed by atoms with van der Waals surface area (Å²) in [6.07, 6.45) is -1.02. The SMILES string of the molecule is COc1ccc(C)cc1C(=O)O[C@H](C)C(=O)Nc1ccc(F)cc1. The monoisotopic (exact) mass is 331 g/mol. The summed E-state index contributed by atoms with van der Waals surface area (Å²) >= 11 is 0. The number of ether oxygens (including phenoxy) is 2. The third-order valence-corrected chi connectivity index (χ3v) is 3.34. The van der Waals surface area contributed by atoms with Crippen LogP contribution in [0.15, 0.2) is 42.5 Å². The quantitative estimate of drug-likeness (QED) is 0.854. The first-order chi connectivity index (χ1) is 11.4. The summed E-state index contributed by atoms with van der Waals surface area (Å²) in [5.41, 5.74) is 1.53. The van der Waals surface area contributed by atoms with Crippen LogP contribution < -0.4 is 10.1 Å². The molecule has 1 N–H and O–H groups in total. The van der Waals surface area contributed by atoms with E-state index in [9.17, 15) is 14.0 Å². The molecule has 0 fully saturated rings. The minimum atomic E-state index is -1.02. The molecule has 0 aliphatic heterocycles. The van der Waals surface area contributed by atoms with Gasteiger partial charge in [-0.15, -0.1) is 0 Å². The second-order valence-electron chi connectivity index (χ2n) is 5.25. The Kier molecular flexibility index (Phi) is 5.52. The lowest BCUT2D eigenvalue weighted by Crippen LogP contribution is -2.30. The molecular formula is C18H18FNO4. The molecule has 0 aliphatic rings. The van der Waals surface area contributed by atoms with Gasteiger partial charge in [0.1, 0.15) is 17.1 Å². The van der Waals surface area contributed by atoms with Crippen LogP contribution in [0.3, 0.4) is 0 Å². The second-order valence-corrected chi connectivity index (χ2v) is 5.25. The Balaban J connectivity index is 2.04. The van der Waals surface area contributed by atoms with Gasteiger partial charge in [0.25, 0.3) is 5.91 Å². The lowest BCUT2D eigenvalue weighted by atomic mass is 10.1. The van der Waals surface area contributed by atoms with Crippen molar-refractivity contribution >= 4 is 17.6 Å². The maximum atomic E-state index is 12.9. The summed E-state index contributed by atoms with van der Waals surface area (Å²) in [5.74, 6) is -1.20. The van der Waals surface area contributed by atoms with E-state index in [1.165, 1.54) is 38.3 Å². The fourth-order valence-electron chi connectivity index (χ4n) is 2.04. The van der Waals surface area contributed by atoms with Gasteiger partial charge in [-0.2, -0.15) is 0 Å². The number of nitrogens with one attached hydrogen (secondary N) is 1. The molecule has 2 rings (SSSR count). The minimum Gasteiger partial charge on any atom is -0.496 e. The highest BCUT2D eigenvalue weighted by Gasteiger charge is 2.21. The largest absolute Gasteiger partial charge is 0.496 e. The smallest absolute Gasteiger partial charge is 0.342 e. The van der Waals surface area contributed by atoms with Crippen molar-refractivity contribution < 1.29 is 23.5 Å². The summed E-state index contributed by atoms with van der Waals surface area (Å²) in [4.78, 5) is 24.3. The van der Waals surface area contributed by atoms with Crippen molar-refractivity contribution in [1.82, 2.24) is 0 Å². The third-order valence-electron chi connectivity index (χ3n) is 3.34. The molecule has 2 aromatic carbocycles. The minimum absolute atomic E-state index is 0.249. The van der Waals surface area contributed by atoms with Gasteiger partial charge in [-0.3, -0.25) is 4.79 Å². The molecule has 0 radical (unpaired) electrons. The Morgan fingerprint density at radius 2 is 1.79 bits per heavy atom. The van der Waals surface area contributed by atoms with Crippen LogP contribution in [0.25, 0.3) is 0 Å². The van der Waals surface area contributed by atoms with E-state index in [1.807, 2.05) is 6.92 Å². The average molecular weight is 331 g/mol. The highest BCUT2D eigenvalue weighted by atomic mass is 19.1. The lowest BCUT2D eigenvalue weighted by molar-refractivity contribution is -0.123. The molecular weight excluding hydrogens is 313 g/mol. The van der Waals surface area contributed by atoms with Crippen LogP contribution in [0.1, 0.15) is 22.8 Å². The zero-order valence-corrected chi connectivity index (χ0v) is 13.6. The Morgan fingerprint density at radius 1 is 1.12 bits per heavy atom. The Morgan fingerprint density at radius 3 is 2.42 bits per heavy atom. The maximum Gasteiger partial charge on any atom is 0.342 e. The summed E-state index contributed by atoms with van der Waals surface area (Å²) in [7, 11) is 1.45. The summed E-state index contributed by atoms with van der Waals surface area (Å²) in [6.45, 7) is 3.29. The highest BCUT2D eigenvalue weighted by Crippen LogP contribution is 2.21. The molecule has 0 unspecified atom stereocenters. The van der Waals surface area contributed by atoms with Crippen molar-refractivity contribution in [1.29, 1.82) is 0 Å². The number of hydrogen-bond donors (Lipinski definition) is 1. The highest BCUT2D eigenvalue weighted by molar-refractivity contribution is 5.98. The number of amides is 1. The predicted molar refractivity (Wildman–Crippen MR) is 87.6 cm³/mol. The number of rotatable bonds is 5. The van der Waals surface area contributed by atoms with Crippen molar-refractivity contribution in [3.8, 4) is 5.75 Å². The topological polar surface area (TPSA) is 64.6 Å². The van der Waals surface area contributed by atoms with Crippen LogP contribution in [0.5, 0.6) is 5.75 Å². The van der Waals surface area contributed by atoms with E-state index >= 15 is 0 Å². The number of halogens is 1. The standard InChI is InChI=1S/C18H18FNO4/c1-11-4-9-16(23-3)15(10-11)18(22)24-12(2)17(21)20-14-7-5-13(19)6-8-14/h4-10,12H,1-3H3,(H,20,21)/t12-/m1/s1. The molecule has 0 heterocycles. The van der Waals surface area contributed by atoms with Crippen molar-refractivity contribution in [2.45, 2.75) is 20.0 Å². The normalized spacial score (nSPS) is 11.5. The number of aryl methyl sites for hydroxylation is 1. The van der Waals surface area contributed by atoms with Crippen LogP contribution in [-0.4, -0.2) is 25.1 Å². The van der Waals surface area contributed by atoms with Gasteiger partial charge in [0.15, 0.2) is 6.10 Å². The first-order valence-corrected chi connectivity index (χ1v) is 7.32. The van der Waals surface area contributed by atoms with E-state index in [-0.39, 0.29) is 5.56 Å². The van der Waals surface area contributed by atoms with E-state index in [2.05, 4.69) is 5.32 Å². The maximum absolute atomic E-state index is 12.9. The number of anilines is 1. The van der Waals surface area contributed by atoms with Crippen molar-refractivity contribution in [3.05, 3.63) is 59.4 Å². The van der Waals surface area contributed by atoms with Gasteiger partial charge < -0.3 is 14.8 Å². The number of carbonyl (C=O) groups excluding carboxylic acids is 2.